The highest BCUT2D eigenvalue weighted by molar-refractivity contribution is 5.73. The van der Waals surface area contributed by atoms with E-state index in [2.05, 4.69) is 0 Å². The maximum absolute atomic E-state index is 10.6. The Morgan fingerprint density at radius 3 is 2.44 bits per heavy atom. The van der Waals surface area contributed by atoms with Gasteiger partial charge in [-0.2, -0.15) is 0 Å². The van der Waals surface area contributed by atoms with Crippen molar-refractivity contribution in [1.29, 1.82) is 0 Å². The molecule has 0 unspecified atom stereocenters. The highest BCUT2D eigenvalue weighted by Crippen LogP contribution is 2.35. The SMILES string of the molecule is CC(C)(O)CCC[C@@](C)(O)[C@H]1CC=C(C=O)CC1. The predicted octanol–water partition coefficient (Wildman–Crippen LogP) is 2.60. The Hall–Kier alpha value is -0.670. The third-order valence-corrected chi connectivity index (χ3v) is 3.95. The van der Waals surface area contributed by atoms with Crippen molar-refractivity contribution < 1.29 is 15.0 Å². The summed E-state index contributed by atoms with van der Waals surface area (Å²) in [7, 11) is 0. The molecule has 0 saturated carbocycles. The molecule has 0 radical (unpaired) electrons. The van der Waals surface area contributed by atoms with Gasteiger partial charge in [-0.25, -0.2) is 0 Å². The van der Waals surface area contributed by atoms with Crippen molar-refractivity contribution >= 4 is 6.29 Å². The van der Waals surface area contributed by atoms with Crippen LogP contribution in [0.3, 0.4) is 0 Å². The smallest absolute Gasteiger partial charge is 0.145 e. The Morgan fingerprint density at radius 2 is 2.00 bits per heavy atom. The van der Waals surface area contributed by atoms with Crippen LogP contribution in [-0.2, 0) is 4.79 Å². The zero-order chi connectivity index (χ0) is 13.8. The van der Waals surface area contributed by atoms with Gasteiger partial charge in [-0.05, 0) is 70.8 Å². The van der Waals surface area contributed by atoms with Crippen molar-refractivity contribution in [2.75, 3.05) is 0 Å². The first-order valence-corrected chi connectivity index (χ1v) is 6.83. The van der Waals surface area contributed by atoms with Crippen LogP contribution in [0.2, 0.25) is 0 Å². The van der Waals surface area contributed by atoms with Crippen molar-refractivity contribution in [2.24, 2.45) is 5.92 Å². The number of aliphatic hydroxyl groups is 2. The Bertz CT molecular complexity index is 310. The number of rotatable bonds is 6. The molecule has 104 valence electrons. The van der Waals surface area contributed by atoms with Gasteiger partial charge >= 0.3 is 0 Å². The number of carbonyl (C=O) groups is 1. The molecule has 0 spiro atoms. The molecule has 2 atom stereocenters. The van der Waals surface area contributed by atoms with E-state index >= 15 is 0 Å². The number of aldehydes is 1. The fourth-order valence-electron chi connectivity index (χ4n) is 2.61. The zero-order valence-corrected chi connectivity index (χ0v) is 11.8. The lowest BCUT2D eigenvalue weighted by molar-refractivity contribution is -0.105. The van der Waals surface area contributed by atoms with Gasteiger partial charge in [0.15, 0.2) is 0 Å². The van der Waals surface area contributed by atoms with Crippen LogP contribution in [-0.4, -0.2) is 27.7 Å². The van der Waals surface area contributed by atoms with Crippen molar-refractivity contribution in [2.45, 2.75) is 70.5 Å². The lowest BCUT2D eigenvalue weighted by atomic mass is 9.76. The number of allylic oxidation sites excluding steroid dienone is 2. The molecule has 0 saturated heterocycles. The van der Waals surface area contributed by atoms with Gasteiger partial charge in [0.1, 0.15) is 6.29 Å². The van der Waals surface area contributed by atoms with E-state index in [4.69, 9.17) is 0 Å². The third kappa shape index (κ3) is 4.91. The molecule has 0 aromatic heterocycles. The summed E-state index contributed by atoms with van der Waals surface area (Å²) in [5.41, 5.74) is -0.498. The van der Waals surface area contributed by atoms with Crippen LogP contribution >= 0.6 is 0 Å². The third-order valence-electron chi connectivity index (χ3n) is 3.95. The normalized spacial score (nSPS) is 24.3. The molecule has 1 aliphatic carbocycles. The molecule has 2 N–H and O–H groups in total. The quantitative estimate of drug-likeness (QED) is 0.716. The number of hydrogen-bond acceptors (Lipinski definition) is 3. The van der Waals surface area contributed by atoms with Gasteiger partial charge in [-0.1, -0.05) is 6.08 Å². The Morgan fingerprint density at radius 1 is 1.33 bits per heavy atom. The minimum absolute atomic E-state index is 0.225. The van der Waals surface area contributed by atoms with Crippen LogP contribution in [0.25, 0.3) is 0 Å². The van der Waals surface area contributed by atoms with Crippen molar-refractivity contribution in [3.8, 4) is 0 Å². The van der Waals surface area contributed by atoms with Crippen molar-refractivity contribution in [3.63, 3.8) is 0 Å². The molecule has 0 fully saturated rings. The average molecular weight is 254 g/mol. The van der Waals surface area contributed by atoms with Crippen LogP contribution in [0.5, 0.6) is 0 Å². The molecule has 3 heteroatoms. The van der Waals surface area contributed by atoms with Crippen molar-refractivity contribution in [3.05, 3.63) is 11.6 Å². The molecule has 0 amide bonds. The van der Waals surface area contributed by atoms with Crippen LogP contribution < -0.4 is 0 Å². The van der Waals surface area contributed by atoms with Crippen LogP contribution in [0.4, 0.5) is 0 Å². The molecular weight excluding hydrogens is 228 g/mol. The highest BCUT2D eigenvalue weighted by atomic mass is 16.3. The fourth-order valence-corrected chi connectivity index (χ4v) is 2.61. The molecule has 18 heavy (non-hydrogen) atoms. The average Bonchev–Trinajstić information content (AvgIpc) is 2.27. The summed E-state index contributed by atoms with van der Waals surface area (Å²) in [6, 6.07) is 0. The predicted molar refractivity (Wildman–Crippen MR) is 72.3 cm³/mol. The van der Waals surface area contributed by atoms with E-state index in [9.17, 15) is 15.0 Å². The Labute approximate surface area is 110 Å². The number of carbonyl (C=O) groups excluding carboxylic acids is 1. The second kappa shape index (κ2) is 5.98. The van der Waals surface area contributed by atoms with Gasteiger partial charge in [0.25, 0.3) is 0 Å². The summed E-state index contributed by atoms with van der Waals surface area (Å²) in [4.78, 5) is 10.6. The van der Waals surface area contributed by atoms with E-state index < -0.39 is 11.2 Å². The highest BCUT2D eigenvalue weighted by Gasteiger charge is 2.32. The minimum Gasteiger partial charge on any atom is -0.390 e. The molecule has 0 bridgehead atoms. The molecule has 1 aliphatic rings. The van der Waals surface area contributed by atoms with E-state index in [0.29, 0.717) is 12.8 Å². The lowest BCUT2D eigenvalue weighted by Gasteiger charge is -2.35. The van der Waals surface area contributed by atoms with Gasteiger partial charge in [-0.15, -0.1) is 0 Å². The Kier molecular flexibility index (Phi) is 5.11. The molecule has 1 rings (SSSR count). The fraction of sp³-hybridized carbons (Fsp3) is 0.800. The minimum atomic E-state index is -0.698. The summed E-state index contributed by atoms with van der Waals surface area (Å²) in [5, 5.41) is 20.2. The van der Waals surface area contributed by atoms with Crippen LogP contribution in [0.15, 0.2) is 11.6 Å². The van der Waals surface area contributed by atoms with E-state index in [1.165, 1.54) is 0 Å². The first-order chi connectivity index (χ1) is 8.24. The Balaban J connectivity index is 2.44. The summed E-state index contributed by atoms with van der Waals surface area (Å²) in [6.07, 6.45) is 7.51. The molecule has 0 heterocycles. The second-order valence-corrected chi connectivity index (χ2v) is 6.39. The first kappa shape index (κ1) is 15.4. The van der Waals surface area contributed by atoms with Crippen LogP contribution in [0.1, 0.15) is 59.3 Å². The van der Waals surface area contributed by atoms with E-state index in [1.807, 2.05) is 13.0 Å². The summed E-state index contributed by atoms with van der Waals surface area (Å²) < 4.78 is 0. The van der Waals surface area contributed by atoms with E-state index in [1.54, 1.807) is 13.8 Å². The molecule has 0 aromatic carbocycles. The van der Waals surface area contributed by atoms with Crippen LogP contribution in [0, 0.1) is 5.92 Å². The number of hydrogen-bond donors (Lipinski definition) is 2. The molecular formula is C15H26O3. The van der Waals surface area contributed by atoms with Gasteiger partial charge in [0.05, 0.1) is 11.2 Å². The monoisotopic (exact) mass is 254 g/mol. The molecule has 0 aromatic rings. The summed E-state index contributed by atoms with van der Waals surface area (Å²) >= 11 is 0. The van der Waals surface area contributed by atoms with E-state index in [-0.39, 0.29) is 5.92 Å². The largest absolute Gasteiger partial charge is 0.390 e. The molecule has 3 nitrogen and oxygen atoms in total. The van der Waals surface area contributed by atoms with Gasteiger partial charge in [-0.3, -0.25) is 4.79 Å². The topological polar surface area (TPSA) is 57.5 Å². The maximum atomic E-state index is 10.6. The van der Waals surface area contributed by atoms with E-state index in [0.717, 1.165) is 37.5 Å². The zero-order valence-electron chi connectivity index (χ0n) is 11.8. The summed E-state index contributed by atoms with van der Waals surface area (Å²) in [6.45, 7) is 5.46. The first-order valence-electron chi connectivity index (χ1n) is 6.83. The standard InChI is InChI=1S/C15H26O3/c1-14(2,17)9-4-10-15(3,18)13-7-5-12(11-16)6-8-13/h5,11,13,17-18H,4,6-10H2,1-3H3/t13-,15+/m0/s1. The second-order valence-electron chi connectivity index (χ2n) is 6.39. The molecule has 0 aliphatic heterocycles. The van der Waals surface area contributed by atoms with Gasteiger partial charge < -0.3 is 10.2 Å². The van der Waals surface area contributed by atoms with Gasteiger partial charge in [0, 0.05) is 0 Å². The summed E-state index contributed by atoms with van der Waals surface area (Å²) in [5.74, 6) is 0.225. The van der Waals surface area contributed by atoms with Crippen molar-refractivity contribution in [1.82, 2.24) is 0 Å². The maximum Gasteiger partial charge on any atom is 0.145 e. The lowest BCUT2D eigenvalue weighted by Crippen LogP contribution is -2.36. The van der Waals surface area contributed by atoms with Gasteiger partial charge in [0.2, 0.25) is 0 Å².